The molecule has 214 valence electrons. The predicted molar refractivity (Wildman–Crippen MR) is 153 cm³/mol. The van der Waals surface area contributed by atoms with Gasteiger partial charge in [-0.2, -0.15) is 18.3 Å². The Labute approximate surface area is 242 Å². The second kappa shape index (κ2) is 11.2. The third-order valence-electron chi connectivity index (χ3n) is 6.34. The number of nitrogens with one attached hydrogen (secondary N) is 2. The Hall–Kier alpha value is -5.85. The molecule has 13 heteroatoms. The van der Waals surface area contributed by atoms with Gasteiger partial charge in [-0.1, -0.05) is 24.3 Å². The standard InChI is InChI=1S/C30H21F3N8O2/c1-18-10-12-41-27(38-18)25(17-37-41)19-4-7-23(8-5-19)43-29-35-15-22(16-36-29)39-28(42)40-26-13-21(30(31,32)33)6-9-24(26)20-3-2-11-34-14-20/h2-17H,1H3,(H2,39,40,42). The van der Waals surface area contributed by atoms with Crippen molar-refractivity contribution in [2.75, 3.05) is 10.6 Å². The average molecular weight is 583 g/mol. The Morgan fingerprint density at radius 2 is 1.67 bits per heavy atom. The number of pyridine rings is 1. The summed E-state index contributed by atoms with van der Waals surface area (Å²) in [5, 5.41) is 9.33. The number of anilines is 2. The largest absolute Gasteiger partial charge is 0.424 e. The van der Waals surface area contributed by atoms with E-state index in [0.717, 1.165) is 34.6 Å². The lowest BCUT2D eigenvalue weighted by Crippen LogP contribution is -2.20. The molecule has 0 saturated heterocycles. The molecule has 2 N–H and O–H groups in total. The first-order chi connectivity index (χ1) is 20.7. The zero-order valence-corrected chi connectivity index (χ0v) is 22.4. The molecule has 2 aromatic carbocycles. The Morgan fingerprint density at radius 3 is 2.40 bits per heavy atom. The molecule has 10 nitrogen and oxygen atoms in total. The van der Waals surface area contributed by atoms with Crippen molar-refractivity contribution in [1.29, 1.82) is 0 Å². The summed E-state index contributed by atoms with van der Waals surface area (Å²) in [5.41, 5.74) is 3.56. The lowest BCUT2D eigenvalue weighted by atomic mass is 10.0. The number of rotatable bonds is 6. The van der Waals surface area contributed by atoms with Gasteiger partial charge in [0.2, 0.25) is 0 Å². The summed E-state index contributed by atoms with van der Waals surface area (Å²) in [6.45, 7) is 1.91. The quantitative estimate of drug-likeness (QED) is 0.217. The highest BCUT2D eigenvalue weighted by Gasteiger charge is 2.31. The monoisotopic (exact) mass is 582 g/mol. The van der Waals surface area contributed by atoms with Crippen molar-refractivity contribution in [2.24, 2.45) is 0 Å². The molecule has 0 spiro atoms. The van der Waals surface area contributed by atoms with E-state index >= 15 is 0 Å². The fourth-order valence-electron chi connectivity index (χ4n) is 4.29. The maximum atomic E-state index is 13.4. The lowest BCUT2D eigenvalue weighted by Gasteiger charge is -2.15. The fourth-order valence-corrected chi connectivity index (χ4v) is 4.29. The topological polar surface area (TPSA) is 119 Å². The second-order valence-corrected chi connectivity index (χ2v) is 9.36. The van der Waals surface area contributed by atoms with Crippen molar-refractivity contribution in [3.63, 3.8) is 0 Å². The number of aryl methyl sites for hydroxylation is 1. The summed E-state index contributed by atoms with van der Waals surface area (Å²) in [4.78, 5) is 29.5. The van der Waals surface area contributed by atoms with Crippen LogP contribution >= 0.6 is 0 Å². The van der Waals surface area contributed by atoms with E-state index in [1.54, 1.807) is 35.0 Å². The summed E-state index contributed by atoms with van der Waals surface area (Å²) in [7, 11) is 0. The van der Waals surface area contributed by atoms with Crippen LogP contribution in [0.1, 0.15) is 11.3 Å². The van der Waals surface area contributed by atoms with E-state index in [2.05, 4.69) is 35.7 Å². The van der Waals surface area contributed by atoms with Gasteiger partial charge in [0.1, 0.15) is 5.75 Å². The number of halogens is 3. The molecule has 0 aliphatic heterocycles. The molecule has 43 heavy (non-hydrogen) atoms. The molecule has 0 unspecified atom stereocenters. The van der Waals surface area contributed by atoms with Crippen LogP contribution in [0.4, 0.5) is 29.3 Å². The number of carbonyl (C=O) groups is 1. The number of benzene rings is 2. The number of aromatic nitrogens is 6. The molecule has 6 aromatic rings. The normalized spacial score (nSPS) is 11.3. The van der Waals surface area contributed by atoms with Gasteiger partial charge in [-0.15, -0.1) is 0 Å². The van der Waals surface area contributed by atoms with Gasteiger partial charge in [-0.05, 0) is 48.9 Å². The van der Waals surface area contributed by atoms with Crippen LogP contribution in [0, 0.1) is 6.92 Å². The van der Waals surface area contributed by atoms with Crippen LogP contribution in [0.25, 0.3) is 27.9 Å². The minimum atomic E-state index is -4.59. The van der Waals surface area contributed by atoms with Crippen molar-refractivity contribution in [3.8, 4) is 34.0 Å². The van der Waals surface area contributed by atoms with E-state index in [4.69, 9.17) is 4.74 Å². The van der Waals surface area contributed by atoms with Crippen LogP contribution in [-0.2, 0) is 6.18 Å². The maximum Gasteiger partial charge on any atom is 0.416 e. The fraction of sp³-hybridized carbons (Fsp3) is 0.0667. The first-order valence-electron chi connectivity index (χ1n) is 12.8. The molecule has 0 radical (unpaired) electrons. The number of nitrogens with zero attached hydrogens (tertiary/aromatic N) is 6. The highest BCUT2D eigenvalue weighted by molar-refractivity contribution is 6.02. The second-order valence-electron chi connectivity index (χ2n) is 9.36. The van der Waals surface area contributed by atoms with Gasteiger partial charge in [0.05, 0.1) is 35.5 Å². The van der Waals surface area contributed by atoms with Crippen molar-refractivity contribution in [1.82, 2.24) is 29.5 Å². The van der Waals surface area contributed by atoms with Gasteiger partial charge in [0.25, 0.3) is 0 Å². The van der Waals surface area contributed by atoms with E-state index in [1.165, 1.54) is 30.9 Å². The molecule has 2 amide bonds. The molecule has 0 fully saturated rings. The van der Waals surface area contributed by atoms with Crippen LogP contribution in [0.15, 0.2) is 97.8 Å². The number of fused-ring (bicyclic) bond motifs is 1. The maximum absolute atomic E-state index is 13.4. The molecule has 6 rings (SSSR count). The summed E-state index contributed by atoms with van der Waals surface area (Å²) >= 11 is 0. The number of amides is 2. The third-order valence-corrected chi connectivity index (χ3v) is 6.34. The zero-order valence-electron chi connectivity index (χ0n) is 22.4. The minimum Gasteiger partial charge on any atom is -0.424 e. The first-order valence-corrected chi connectivity index (χ1v) is 12.8. The Balaban J connectivity index is 1.13. The van der Waals surface area contributed by atoms with Crippen LogP contribution < -0.4 is 15.4 Å². The van der Waals surface area contributed by atoms with Crippen LogP contribution in [0.5, 0.6) is 11.8 Å². The van der Waals surface area contributed by atoms with E-state index < -0.39 is 17.8 Å². The summed E-state index contributed by atoms with van der Waals surface area (Å²) in [6, 6.07) is 14.8. The van der Waals surface area contributed by atoms with Gasteiger partial charge < -0.3 is 15.4 Å². The molecule has 0 saturated carbocycles. The highest BCUT2D eigenvalue weighted by atomic mass is 19.4. The van der Waals surface area contributed by atoms with Crippen molar-refractivity contribution in [3.05, 3.63) is 109 Å². The smallest absolute Gasteiger partial charge is 0.416 e. The average Bonchev–Trinajstić information content (AvgIpc) is 3.41. The van der Waals surface area contributed by atoms with E-state index in [1.807, 2.05) is 31.3 Å². The molecular weight excluding hydrogens is 561 g/mol. The number of carbonyl (C=O) groups excluding carboxylic acids is 1. The van der Waals surface area contributed by atoms with Gasteiger partial charge in [-0.3, -0.25) is 4.98 Å². The van der Waals surface area contributed by atoms with E-state index in [0.29, 0.717) is 16.9 Å². The molecular formula is C30H21F3N8O2. The summed E-state index contributed by atoms with van der Waals surface area (Å²) in [6.07, 6.45) is 4.67. The molecule has 4 aromatic heterocycles. The van der Waals surface area contributed by atoms with Crippen LogP contribution in [0.2, 0.25) is 0 Å². The minimum absolute atomic E-state index is 0.0312. The Bertz CT molecular complexity index is 1910. The highest BCUT2D eigenvalue weighted by Crippen LogP contribution is 2.36. The predicted octanol–water partition coefficient (Wildman–Crippen LogP) is 7.01. The SMILES string of the molecule is Cc1ccn2ncc(-c3ccc(Oc4ncc(NC(=O)Nc5cc(C(F)(F)F)ccc5-c5cccnc5)cn4)cc3)c2n1. The number of hydrogen-bond donors (Lipinski definition) is 2. The number of alkyl halides is 3. The summed E-state index contributed by atoms with van der Waals surface area (Å²) < 4.78 is 47.5. The zero-order chi connectivity index (χ0) is 30.0. The van der Waals surface area contributed by atoms with Crippen LogP contribution in [-0.4, -0.2) is 35.6 Å². The molecule has 0 bridgehead atoms. The van der Waals surface area contributed by atoms with Gasteiger partial charge in [-0.25, -0.2) is 24.3 Å². The van der Waals surface area contributed by atoms with Gasteiger partial charge in [0, 0.05) is 41.0 Å². The van der Waals surface area contributed by atoms with Crippen molar-refractivity contribution >= 4 is 23.1 Å². The van der Waals surface area contributed by atoms with E-state index in [-0.39, 0.29) is 17.4 Å². The molecule has 0 aliphatic carbocycles. The number of urea groups is 1. The summed E-state index contributed by atoms with van der Waals surface area (Å²) in [5.74, 6) is 0.482. The van der Waals surface area contributed by atoms with Crippen molar-refractivity contribution in [2.45, 2.75) is 13.1 Å². The van der Waals surface area contributed by atoms with Gasteiger partial charge in [0.15, 0.2) is 5.65 Å². The van der Waals surface area contributed by atoms with Crippen molar-refractivity contribution < 1.29 is 22.7 Å². The number of hydrogen-bond acceptors (Lipinski definition) is 7. The Morgan fingerprint density at radius 1 is 0.884 bits per heavy atom. The number of ether oxygens (including phenoxy) is 1. The van der Waals surface area contributed by atoms with E-state index in [9.17, 15) is 18.0 Å². The Kier molecular flexibility index (Phi) is 7.12. The molecule has 0 aliphatic rings. The molecule has 4 heterocycles. The lowest BCUT2D eigenvalue weighted by molar-refractivity contribution is -0.137. The first kappa shape index (κ1) is 27.3. The molecule has 0 atom stereocenters. The third kappa shape index (κ3) is 6.10. The van der Waals surface area contributed by atoms with Crippen LogP contribution in [0.3, 0.4) is 0 Å². The van der Waals surface area contributed by atoms with Gasteiger partial charge >= 0.3 is 18.2 Å².